The summed E-state index contributed by atoms with van der Waals surface area (Å²) >= 11 is 0. The van der Waals surface area contributed by atoms with Crippen LogP contribution in [0.3, 0.4) is 0 Å². The summed E-state index contributed by atoms with van der Waals surface area (Å²) in [5.74, 6) is 0.118. The summed E-state index contributed by atoms with van der Waals surface area (Å²) in [5.41, 5.74) is 0.729. The standard InChI is InChI=1S/C15H21N3O2/c1-2-20-14-9-13-10-18(8-7-17(13)11-14)15(19)12-3-5-16-6-4-12/h3-6,13-14H,2,7-11H2,1H3/t13-,14-/m1/s1. The van der Waals surface area contributed by atoms with Crippen molar-refractivity contribution < 1.29 is 9.53 Å². The van der Waals surface area contributed by atoms with Crippen LogP contribution < -0.4 is 0 Å². The summed E-state index contributed by atoms with van der Waals surface area (Å²) < 4.78 is 5.72. The van der Waals surface area contributed by atoms with Gasteiger partial charge < -0.3 is 9.64 Å². The second kappa shape index (κ2) is 5.89. The molecule has 0 saturated carbocycles. The van der Waals surface area contributed by atoms with Gasteiger partial charge in [0.1, 0.15) is 0 Å². The molecule has 0 radical (unpaired) electrons. The summed E-state index contributed by atoms with van der Waals surface area (Å²) in [4.78, 5) is 20.8. The van der Waals surface area contributed by atoms with Crippen molar-refractivity contribution in [2.24, 2.45) is 0 Å². The quantitative estimate of drug-likeness (QED) is 0.826. The van der Waals surface area contributed by atoms with Gasteiger partial charge in [-0.25, -0.2) is 0 Å². The van der Waals surface area contributed by atoms with E-state index in [1.807, 2.05) is 11.8 Å². The fourth-order valence-electron chi connectivity index (χ4n) is 3.21. The average molecular weight is 275 g/mol. The second-order valence-electron chi connectivity index (χ2n) is 5.45. The molecule has 2 aliphatic heterocycles. The zero-order valence-electron chi connectivity index (χ0n) is 11.9. The molecule has 0 aromatic carbocycles. The van der Waals surface area contributed by atoms with E-state index >= 15 is 0 Å². The predicted molar refractivity (Wildman–Crippen MR) is 75.5 cm³/mol. The van der Waals surface area contributed by atoms with Crippen molar-refractivity contribution in [1.29, 1.82) is 0 Å². The number of nitrogens with zero attached hydrogens (tertiary/aromatic N) is 3. The maximum absolute atomic E-state index is 12.4. The van der Waals surface area contributed by atoms with Crippen LogP contribution in [0.4, 0.5) is 0 Å². The number of ether oxygens (including phenoxy) is 1. The molecule has 0 N–H and O–H groups in total. The summed E-state index contributed by atoms with van der Waals surface area (Å²) in [7, 11) is 0. The maximum atomic E-state index is 12.4. The predicted octanol–water partition coefficient (Wildman–Crippen LogP) is 1.02. The number of pyridine rings is 1. The minimum atomic E-state index is 0.118. The van der Waals surface area contributed by atoms with E-state index in [4.69, 9.17) is 4.74 Å². The first-order valence-electron chi connectivity index (χ1n) is 7.33. The lowest BCUT2D eigenvalue weighted by Crippen LogP contribution is -2.52. The Balaban J connectivity index is 1.63. The van der Waals surface area contributed by atoms with Crippen LogP contribution in [0.5, 0.6) is 0 Å². The van der Waals surface area contributed by atoms with Crippen molar-refractivity contribution in [1.82, 2.24) is 14.8 Å². The van der Waals surface area contributed by atoms with Crippen LogP contribution in [0.2, 0.25) is 0 Å². The lowest BCUT2D eigenvalue weighted by atomic mass is 10.1. The van der Waals surface area contributed by atoms with Gasteiger partial charge in [0.15, 0.2) is 0 Å². The van der Waals surface area contributed by atoms with Crippen LogP contribution in [-0.4, -0.2) is 65.6 Å². The number of rotatable bonds is 3. The van der Waals surface area contributed by atoms with E-state index in [9.17, 15) is 4.79 Å². The van der Waals surface area contributed by atoms with E-state index in [0.29, 0.717) is 12.1 Å². The number of fused-ring (bicyclic) bond motifs is 1. The van der Waals surface area contributed by atoms with E-state index in [-0.39, 0.29) is 5.91 Å². The second-order valence-corrected chi connectivity index (χ2v) is 5.45. The van der Waals surface area contributed by atoms with Gasteiger partial charge in [0.25, 0.3) is 5.91 Å². The van der Waals surface area contributed by atoms with Crippen LogP contribution in [0, 0.1) is 0 Å². The Bertz CT molecular complexity index is 465. The van der Waals surface area contributed by atoms with E-state index < -0.39 is 0 Å². The lowest BCUT2D eigenvalue weighted by Gasteiger charge is -2.37. The fourth-order valence-corrected chi connectivity index (χ4v) is 3.21. The van der Waals surface area contributed by atoms with E-state index in [1.54, 1.807) is 24.5 Å². The largest absolute Gasteiger partial charge is 0.377 e. The molecule has 2 fully saturated rings. The van der Waals surface area contributed by atoms with Crippen molar-refractivity contribution >= 4 is 5.91 Å². The number of carbonyl (C=O) groups is 1. The average Bonchev–Trinajstić information content (AvgIpc) is 2.89. The normalized spacial score (nSPS) is 26.6. The SMILES string of the molecule is CCO[C@@H]1C[C@@H]2CN(C(=O)c3ccncc3)CCN2C1. The highest BCUT2D eigenvalue weighted by atomic mass is 16.5. The smallest absolute Gasteiger partial charge is 0.254 e. The number of amides is 1. The zero-order valence-corrected chi connectivity index (χ0v) is 11.9. The molecule has 0 spiro atoms. The third-order valence-electron chi connectivity index (χ3n) is 4.19. The number of piperazine rings is 1. The first kappa shape index (κ1) is 13.5. The Morgan fingerprint density at radius 3 is 2.90 bits per heavy atom. The minimum Gasteiger partial charge on any atom is -0.377 e. The number of carbonyl (C=O) groups excluding carboxylic acids is 1. The first-order valence-corrected chi connectivity index (χ1v) is 7.33. The molecule has 0 bridgehead atoms. The van der Waals surface area contributed by atoms with Crippen molar-refractivity contribution in [2.75, 3.05) is 32.8 Å². The third kappa shape index (κ3) is 2.69. The van der Waals surface area contributed by atoms with Crippen molar-refractivity contribution in [3.63, 3.8) is 0 Å². The monoisotopic (exact) mass is 275 g/mol. The van der Waals surface area contributed by atoms with Crippen LogP contribution in [0.15, 0.2) is 24.5 Å². The molecule has 0 unspecified atom stereocenters. The maximum Gasteiger partial charge on any atom is 0.254 e. The van der Waals surface area contributed by atoms with Gasteiger partial charge in [-0.3, -0.25) is 14.7 Å². The van der Waals surface area contributed by atoms with Crippen LogP contribution >= 0.6 is 0 Å². The van der Waals surface area contributed by atoms with Gasteiger partial charge in [-0.1, -0.05) is 0 Å². The van der Waals surface area contributed by atoms with Crippen LogP contribution in [0.25, 0.3) is 0 Å². The molecule has 2 atom stereocenters. The number of hydrogen-bond donors (Lipinski definition) is 0. The first-order chi connectivity index (χ1) is 9.78. The van der Waals surface area contributed by atoms with Gasteiger partial charge in [-0.2, -0.15) is 0 Å². The van der Waals surface area contributed by atoms with Crippen molar-refractivity contribution in [3.8, 4) is 0 Å². The molecule has 1 aromatic heterocycles. The van der Waals surface area contributed by atoms with Crippen LogP contribution in [-0.2, 0) is 4.74 Å². The Kier molecular flexibility index (Phi) is 3.98. The topological polar surface area (TPSA) is 45.7 Å². The van der Waals surface area contributed by atoms with Gasteiger partial charge in [-0.05, 0) is 25.5 Å². The van der Waals surface area contributed by atoms with Gasteiger partial charge in [0, 0.05) is 56.8 Å². The van der Waals surface area contributed by atoms with Gasteiger partial charge >= 0.3 is 0 Å². The summed E-state index contributed by atoms with van der Waals surface area (Å²) in [6.07, 6.45) is 4.71. The zero-order chi connectivity index (χ0) is 13.9. The van der Waals surface area contributed by atoms with E-state index in [0.717, 1.165) is 44.8 Å². The highest BCUT2D eigenvalue weighted by Gasteiger charge is 2.37. The molecular weight excluding hydrogens is 254 g/mol. The number of aromatic nitrogens is 1. The fraction of sp³-hybridized carbons (Fsp3) is 0.600. The minimum absolute atomic E-state index is 0.118. The van der Waals surface area contributed by atoms with Gasteiger partial charge in [0.2, 0.25) is 0 Å². The summed E-state index contributed by atoms with van der Waals surface area (Å²) in [6.45, 7) is 6.38. The molecule has 3 rings (SSSR count). The van der Waals surface area contributed by atoms with E-state index in [1.165, 1.54) is 0 Å². The highest BCUT2D eigenvalue weighted by molar-refractivity contribution is 5.94. The highest BCUT2D eigenvalue weighted by Crippen LogP contribution is 2.24. The molecule has 3 heterocycles. The molecule has 1 amide bonds. The molecule has 5 heteroatoms. The summed E-state index contributed by atoms with van der Waals surface area (Å²) in [5, 5.41) is 0. The van der Waals surface area contributed by atoms with E-state index in [2.05, 4.69) is 9.88 Å². The molecule has 2 aliphatic rings. The molecule has 2 saturated heterocycles. The Morgan fingerprint density at radius 2 is 2.15 bits per heavy atom. The third-order valence-corrected chi connectivity index (χ3v) is 4.19. The van der Waals surface area contributed by atoms with Crippen molar-refractivity contribution in [3.05, 3.63) is 30.1 Å². The Hall–Kier alpha value is -1.46. The molecule has 20 heavy (non-hydrogen) atoms. The summed E-state index contributed by atoms with van der Waals surface area (Å²) in [6, 6.07) is 4.02. The molecule has 0 aliphatic carbocycles. The Morgan fingerprint density at radius 1 is 1.35 bits per heavy atom. The molecule has 5 nitrogen and oxygen atoms in total. The molecule has 108 valence electrons. The lowest BCUT2D eigenvalue weighted by molar-refractivity contribution is 0.0553. The van der Waals surface area contributed by atoms with Gasteiger partial charge in [0.05, 0.1) is 6.10 Å². The molecular formula is C15H21N3O2. The van der Waals surface area contributed by atoms with Crippen LogP contribution in [0.1, 0.15) is 23.7 Å². The number of hydrogen-bond acceptors (Lipinski definition) is 4. The van der Waals surface area contributed by atoms with Gasteiger partial charge in [-0.15, -0.1) is 0 Å². The molecule has 1 aromatic rings. The van der Waals surface area contributed by atoms with Crippen molar-refractivity contribution in [2.45, 2.75) is 25.5 Å². The Labute approximate surface area is 119 Å².